The zero-order chi connectivity index (χ0) is 13.5. The first-order valence-corrected chi connectivity index (χ1v) is 6.36. The Morgan fingerprint density at radius 3 is 2.83 bits per heavy atom. The molecule has 18 heavy (non-hydrogen) atoms. The fraction of sp³-hybridized carbons (Fsp3) is 0.571. The average molecular weight is 252 g/mol. The number of esters is 1. The first kappa shape index (κ1) is 14.5. The SMILES string of the molecule is C=C1C=C(CCC(=O)O)C(=O)OC1CCCCC. The Bertz CT molecular complexity index is 368. The summed E-state index contributed by atoms with van der Waals surface area (Å²) in [5.41, 5.74) is 1.18. The molecule has 0 amide bonds. The first-order valence-electron chi connectivity index (χ1n) is 6.36. The summed E-state index contributed by atoms with van der Waals surface area (Å²) in [5.74, 6) is -1.32. The van der Waals surface area contributed by atoms with Crippen molar-refractivity contribution in [2.24, 2.45) is 0 Å². The molecule has 0 saturated carbocycles. The quantitative estimate of drug-likeness (QED) is 0.559. The van der Waals surface area contributed by atoms with Gasteiger partial charge >= 0.3 is 11.9 Å². The highest BCUT2D eigenvalue weighted by Crippen LogP contribution is 2.24. The fourth-order valence-corrected chi connectivity index (χ4v) is 1.90. The number of aliphatic carboxylic acids is 1. The lowest BCUT2D eigenvalue weighted by atomic mass is 9.97. The van der Waals surface area contributed by atoms with Gasteiger partial charge in [0.1, 0.15) is 6.10 Å². The van der Waals surface area contributed by atoms with Crippen molar-refractivity contribution in [1.29, 1.82) is 0 Å². The molecule has 1 aliphatic rings. The number of ether oxygens (including phenoxy) is 1. The summed E-state index contributed by atoms with van der Waals surface area (Å²) in [4.78, 5) is 22.1. The van der Waals surface area contributed by atoms with Crippen LogP contribution in [0.5, 0.6) is 0 Å². The van der Waals surface area contributed by atoms with Crippen LogP contribution >= 0.6 is 0 Å². The number of unbranched alkanes of at least 4 members (excludes halogenated alkanes) is 2. The molecule has 0 aromatic rings. The molecule has 1 heterocycles. The molecule has 0 spiro atoms. The summed E-state index contributed by atoms with van der Waals surface area (Å²) in [5, 5.41) is 8.59. The molecule has 0 fully saturated rings. The van der Waals surface area contributed by atoms with Gasteiger partial charge in [0.2, 0.25) is 0 Å². The van der Waals surface area contributed by atoms with Crippen LogP contribution in [0.1, 0.15) is 45.4 Å². The van der Waals surface area contributed by atoms with Crippen molar-refractivity contribution in [2.75, 3.05) is 0 Å². The molecule has 1 N–H and O–H groups in total. The Kier molecular flexibility index (Phi) is 5.62. The predicted molar refractivity (Wildman–Crippen MR) is 68.1 cm³/mol. The van der Waals surface area contributed by atoms with Gasteiger partial charge in [-0.2, -0.15) is 0 Å². The Morgan fingerprint density at radius 1 is 1.50 bits per heavy atom. The van der Waals surface area contributed by atoms with Gasteiger partial charge < -0.3 is 9.84 Å². The van der Waals surface area contributed by atoms with Crippen LogP contribution in [-0.2, 0) is 14.3 Å². The summed E-state index contributed by atoms with van der Waals surface area (Å²) in [6.45, 7) is 6.00. The lowest BCUT2D eigenvalue weighted by Crippen LogP contribution is -2.25. The summed E-state index contributed by atoms with van der Waals surface area (Å²) in [6, 6.07) is 0. The van der Waals surface area contributed by atoms with Gasteiger partial charge in [0.05, 0.1) is 0 Å². The van der Waals surface area contributed by atoms with Gasteiger partial charge in [0, 0.05) is 12.0 Å². The molecule has 1 unspecified atom stereocenters. The molecular weight excluding hydrogens is 232 g/mol. The van der Waals surface area contributed by atoms with Gasteiger partial charge in [0.15, 0.2) is 0 Å². The maximum Gasteiger partial charge on any atom is 0.334 e. The molecule has 0 radical (unpaired) electrons. The highest BCUT2D eigenvalue weighted by Gasteiger charge is 2.25. The third kappa shape index (κ3) is 4.35. The van der Waals surface area contributed by atoms with Crippen molar-refractivity contribution in [3.8, 4) is 0 Å². The van der Waals surface area contributed by atoms with Gasteiger partial charge in [-0.1, -0.05) is 26.3 Å². The van der Waals surface area contributed by atoms with Crippen molar-refractivity contribution in [2.45, 2.75) is 51.6 Å². The van der Waals surface area contributed by atoms with E-state index in [-0.39, 0.29) is 18.9 Å². The highest BCUT2D eigenvalue weighted by molar-refractivity contribution is 5.91. The molecule has 100 valence electrons. The van der Waals surface area contributed by atoms with Gasteiger partial charge in [-0.15, -0.1) is 0 Å². The van der Waals surface area contributed by atoms with Crippen molar-refractivity contribution in [1.82, 2.24) is 0 Å². The second kappa shape index (κ2) is 6.99. The summed E-state index contributed by atoms with van der Waals surface area (Å²) in [7, 11) is 0. The molecule has 0 aromatic heterocycles. The summed E-state index contributed by atoms with van der Waals surface area (Å²) < 4.78 is 5.29. The maximum absolute atomic E-state index is 11.7. The molecule has 0 saturated heterocycles. The van der Waals surface area contributed by atoms with Crippen molar-refractivity contribution < 1.29 is 19.4 Å². The smallest absolute Gasteiger partial charge is 0.334 e. The van der Waals surface area contributed by atoms with Crippen LogP contribution in [0.3, 0.4) is 0 Å². The van der Waals surface area contributed by atoms with E-state index < -0.39 is 11.9 Å². The van der Waals surface area contributed by atoms with E-state index in [4.69, 9.17) is 9.84 Å². The number of carboxylic acid groups (broad SMARTS) is 1. The van der Waals surface area contributed by atoms with Gasteiger partial charge in [-0.25, -0.2) is 4.79 Å². The maximum atomic E-state index is 11.7. The van der Waals surface area contributed by atoms with Crippen LogP contribution < -0.4 is 0 Å². The molecule has 4 nitrogen and oxygen atoms in total. The Morgan fingerprint density at radius 2 is 2.22 bits per heavy atom. The second-order valence-electron chi connectivity index (χ2n) is 4.53. The van der Waals surface area contributed by atoms with Crippen LogP contribution in [0.2, 0.25) is 0 Å². The monoisotopic (exact) mass is 252 g/mol. The lowest BCUT2D eigenvalue weighted by molar-refractivity contribution is -0.144. The third-order valence-electron chi connectivity index (χ3n) is 2.96. The highest BCUT2D eigenvalue weighted by atomic mass is 16.5. The van der Waals surface area contributed by atoms with E-state index in [0.717, 1.165) is 31.3 Å². The minimum atomic E-state index is -0.917. The van der Waals surface area contributed by atoms with E-state index in [2.05, 4.69) is 13.5 Å². The molecule has 0 bridgehead atoms. The minimum absolute atomic E-state index is 0.0608. The molecule has 1 rings (SSSR count). The van der Waals surface area contributed by atoms with Gasteiger partial charge in [0.25, 0.3) is 0 Å². The molecule has 1 aliphatic heterocycles. The Labute approximate surface area is 107 Å². The largest absolute Gasteiger partial charge is 0.481 e. The van der Waals surface area contributed by atoms with E-state index in [9.17, 15) is 9.59 Å². The standard InChI is InChI=1S/C14H20O4/c1-3-4-5-6-12-10(2)9-11(14(17)18-12)7-8-13(15)16/h9,12H,2-8H2,1H3,(H,15,16). The number of carboxylic acids is 1. The van der Waals surface area contributed by atoms with E-state index in [1.54, 1.807) is 6.08 Å². The van der Waals surface area contributed by atoms with Crippen molar-refractivity contribution in [3.05, 3.63) is 23.8 Å². The zero-order valence-corrected chi connectivity index (χ0v) is 10.8. The molecule has 4 heteroatoms. The van der Waals surface area contributed by atoms with Crippen molar-refractivity contribution in [3.63, 3.8) is 0 Å². The molecule has 0 aliphatic carbocycles. The topological polar surface area (TPSA) is 63.6 Å². The van der Waals surface area contributed by atoms with Crippen LogP contribution in [0.25, 0.3) is 0 Å². The minimum Gasteiger partial charge on any atom is -0.481 e. The second-order valence-corrected chi connectivity index (χ2v) is 4.53. The zero-order valence-electron chi connectivity index (χ0n) is 10.8. The number of carbonyl (C=O) groups excluding carboxylic acids is 1. The lowest BCUT2D eigenvalue weighted by Gasteiger charge is -2.24. The molecular formula is C14H20O4. The first-order chi connectivity index (χ1) is 8.54. The summed E-state index contributed by atoms with van der Waals surface area (Å²) >= 11 is 0. The van der Waals surface area contributed by atoms with E-state index in [0.29, 0.717) is 5.57 Å². The number of hydrogen-bond acceptors (Lipinski definition) is 3. The average Bonchev–Trinajstić information content (AvgIpc) is 2.31. The number of cyclic esters (lactones) is 1. The van der Waals surface area contributed by atoms with E-state index >= 15 is 0 Å². The van der Waals surface area contributed by atoms with Crippen molar-refractivity contribution >= 4 is 11.9 Å². The summed E-state index contributed by atoms with van der Waals surface area (Å²) in [6.07, 6.45) is 5.61. The van der Waals surface area contributed by atoms with Crippen LogP contribution in [0.15, 0.2) is 23.8 Å². The number of hydrogen-bond donors (Lipinski definition) is 1. The predicted octanol–water partition coefficient (Wildman–Crippen LogP) is 2.84. The van der Waals surface area contributed by atoms with Crippen LogP contribution in [-0.4, -0.2) is 23.1 Å². The Balaban J connectivity index is 2.54. The van der Waals surface area contributed by atoms with E-state index in [1.165, 1.54) is 0 Å². The normalized spacial score (nSPS) is 19.4. The number of carbonyl (C=O) groups is 2. The van der Waals surface area contributed by atoms with Gasteiger partial charge in [-0.05, 0) is 30.9 Å². The van der Waals surface area contributed by atoms with Gasteiger partial charge in [-0.3, -0.25) is 4.79 Å². The third-order valence-corrected chi connectivity index (χ3v) is 2.96. The number of rotatable bonds is 7. The van der Waals surface area contributed by atoms with Crippen LogP contribution in [0.4, 0.5) is 0 Å². The fourth-order valence-electron chi connectivity index (χ4n) is 1.90. The molecule has 1 atom stereocenters. The van der Waals surface area contributed by atoms with Crippen LogP contribution in [0, 0.1) is 0 Å². The van der Waals surface area contributed by atoms with E-state index in [1.807, 2.05) is 0 Å². The molecule has 0 aromatic carbocycles. The Hall–Kier alpha value is -1.58.